The number of nitrogens with zero attached hydrogens (tertiary/aromatic N) is 2. The van der Waals surface area contributed by atoms with E-state index in [0.29, 0.717) is 19.4 Å². The topological polar surface area (TPSA) is 69.7 Å². The molecule has 174 valence electrons. The summed E-state index contributed by atoms with van der Waals surface area (Å²) in [5.74, 6) is -1.06. The maximum Gasteiger partial charge on any atom is 0.245 e. The fourth-order valence-corrected chi connectivity index (χ4v) is 5.83. The third kappa shape index (κ3) is 5.54. The lowest BCUT2D eigenvalue weighted by molar-refractivity contribution is -0.126. The average molecular weight is 462 g/mol. The normalized spacial score (nSPS) is 16.8. The number of rotatable bonds is 9. The Morgan fingerprint density at radius 1 is 1.06 bits per heavy atom. The molecule has 3 rings (SSSR count). The smallest absolute Gasteiger partial charge is 0.245 e. The van der Waals surface area contributed by atoms with E-state index in [2.05, 4.69) is 36.2 Å². The minimum atomic E-state index is -3.90. The van der Waals surface area contributed by atoms with E-state index in [1.165, 1.54) is 22.5 Å². The summed E-state index contributed by atoms with van der Waals surface area (Å²) in [5, 5.41) is 3.09. The highest BCUT2D eigenvalue weighted by Gasteiger charge is 2.33. The molecule has 1 fully saturated rings. The molecule has 0 saturated carbocycles. The number of likely N-dealkylation sites (N-methyl/N-ethyl adjacent to an activating group) is 1. The lowest BCUT2D eigenvalue weighted by Crippen LogP contribution is -2.45. The predicted molar refractivity (Wildman–Crippen MR) is 123 cm³/mol. The van der Waals surface area contributed by atoms with Gasteiger partial charge >= 0.3 is 0 Å². The van der Waals surface area contributed by atoms with Gasteiger partial charge in [0.25, 0.3) is 0 Å². The van der Waals surface area contributed by atoms with Gasteiger partial charge in [-0.3, -0.25) is 9.69 Å². The molecule has 1 saturated heterocycles. The minimum Gasteiger partial charge on any atom is -0.354 e. The van der Waals surface area contributed by atoms with E-state index in [9.17, 15) is 17.6 Å². The van der Waals surface area contributed by atoms with Crippen LogP contribution in [0.3, 0.4) is 0 Å². The Labute approximate surface area is 190 Å². The van der Waals surface area contributed by atoms with E-state index in [4.69, 9.17) is 0 Å². The number of sulfonamides is 1. The van der Waals surface area contributed by atoms with Gasteiger partial charge in [0, 0.05) is 25.6 Å². The van der Waals surface area contributed by atoms with Gasteiger partial charge < -0.3 is 5.32 Å². The highest BCUT2D eigenvalue weighted by atomic mass is 32.2. The second-order valence-corrected chi connectivity index (χ2v) is 9.91. The van der Waals surface area contributed by atoms with Crippen molar-refractivity contribution in [3.8, 4) is 0 Å². The molecule has 0 unspecified atom stereocenters. The molecule has 0 spiro atoms. The first-order chi connectivity index (χ1) is 15.4. The Bertz CT molecular complexity index is 989. The summed E-state index contributed by atoms with van der Waals surface area (Å²) < 4.78 is 40.8. The fourth-order valence-electron chi connectivity index (χ4n) is 4.29. The lowest BCUT2D eigenvalue weighted by Gasteiger charge is -2.33. The standard InChI is InChI=1S/C24H32FN3O3S/c1-3-27(4-2)22(19-10-6-5-7-11-19)18-26-24(29)20-14-16-28(17-15-20)32(30,31)23-13-9-8-12-21(23)25/h5-13,20,22H,3-4,14-18H2,1-2H3,(H,26,29)/t22-/m0/s1. The van der Waals surface area contributed by atoms with Gasteiger partial charge in [0.05, 0.1) is 6.04 Å². The molecule has 8 heteroatoms. The monoisotopic (exact) mass is 461 g/mol. The molecule has 0 aliphatic carbocycles. The largest absolute Gasteiger partial charge is 0.354 e. The molecular weight excluding hydrogens is 429 g/mol. The predicted octanol–water partition coefficient (Wildman–Crippen LogP) is 3.43. The number of benzene rings is 2. The van der Waals surface area contributed by atoms with Gasteiger partial charge in [-0.25, -0.2) is 12.8 Å². The van der Waals surface area contributed by atoms with Crippen molar-refractivity contribution < 1.29 is 17.6 Å². The molecule has 1 heterocycles. The van der Waals surface area contributed by atoms with E-state index in [1.807, 2.05) is 18.2 Å². The van der Waals surface area contributed by atoms with E-state index < -0.39 is 15.8 Å². The zero-order valence-electron chi connectivity index (χ0n) is 18.7. The Morgan fingerprint density at radius 3 is 2.25 bits per heavy atom. The first-order valence-corrected chi connectivity index (χ1v) is 12.6. The lowest BCUT2D eigenvalue weighted by atomic mass is 9.97. The molecule has 0 radical (unpaired) electrons. The number of amides is 1. The van der Waals surface area contributed by atoms with Crippen LogP contribution in [0.15, 0.2) is 59.5 Å². The first-order valence-electron chi connectivity index (χ1n) is 11.2. The van der Waals surface area contributed by atoms with Gasteiger partial charge in [0.15, 0.2) is 0 Å². The van der Waals surface area contributed by atoms with Gasteiger partial charge in [-0.1, -0.05) is 56.3 Å². The summed E-state index contributed by atoms with van der Waals surface area (Å²) in [6, 6.07) is 15.6. The zero-order valence-corrected chi connectivity index (χ0v) is 19.5. The molecule has 1 atom stereocenters. The molecule has 0 bridgehead atoms. The van der Waals surface area contributed by atoms with Crippen LogP contribution >= 0.6 is 0 Å². The van der Waals surface area contributed by atoms with Crippen molar-refractivity contribution in [2.45, 2.75) is 37.6 Å². The SMILES string of the molecule is CCN(CC)[C@@H](CNC(=O)C1CCN(S(=O)(=O)c2ccccc2F)CC1)c1ccccc1. The summed E-state index contributed by atoms with van der Waals surface area (Å²) in [6.45, 7) is 6.86. The Balaban J connectivity index is 1.60. The second kappa shape index (κ2) is 11.0. The van der Waals surface area contributed by atoms with Crippen LogP contribution in [0.4, 0.5) is 4.39 Å². The number of carbonyl (C=O) groups is 1. The number of piperidine rings is 1. The van der Waals surface area contributed by atoms with Gasteiger partial charge in [0.1, 0.15) is 10.7 Å². The highest BCUT2D eigenvalue weighted by molar-refractivity contribution is 7.89. The van der Waals surface area contributed by atoms with E-state index in [-0.39, 0.29) is 35.9 Å². The van der Waals surface area contributed by atoms with Crippen LogP contribution in [-0.4, -0.2) is 56.3 Å². The minimum absolute atomic E-state index is 0.0546. The third-order valence-corrected chi connectivity index (χ3v) is 8.12. The van der Waals surface area contributed by atoms with Crippen LogP contribution in [0.1, 0.15) is 38.3 Å². The Hall–Kier alpha value is -2.29. The van der Waals surface area contributed by atoms with E-state index in [0.717, 1.165) is 24.7 Å². The van der Waals surface area contributed by atoms with Crippen molar-refractivity contribution in [2.75, 3.05) is 32.7 Å². The van der Waals surface area contributed by atoms with Crippen LogP contribution in [0.25, 0.3) is 0 Å². The van der Waals surface area contributed by atoms with E-state index >= 15 is 0 Å². The highest BCUT2D eigenvalue weighted by Crippen LogP contribution is 2.26. The molecule has 2 aromatic rings. The van der Waals surface area contributed by atoms with Crippen LogP contribution in [0.5, 0.6) is 0 Å². The van der Waals surface area contributed by atoms with Gasteiger partial charge in [-0.15, -0.1) is 0 Å². The molecular formula is C24H32FN3O3S. The summed E-state index contributed by atoms with van der Waals surface area (Å²) in [7, 11) is -3.90. The number of nitrogens with one attached hydrogen (secondary N) is 1. The number of halogens is 1. The molecule has 2 aromatic carbocycles. The van der Waals surface area contributed by atoms with Crippen molar-refractivity contribution in [1.29, 1.82) is 0 Å². The van der Waals surface area contributed by atoms with Crippen molar-refractivity contribution in [1.82, 2.24) is 14.5 Å². The summed E-state index contributed by atoms with van der Waals surface area (Å²) >= 11 is 0. The molecule has 1 aliphatic rings. The molecule has 1 N–H and O–H groups in total. The summed E-state index contributed by atoms with van der Waals surface area (Å²) in [6.07, 6.45) is 0.835. The van der Waals surface area contributed by atoms with Gasteiger partial charge in [-0.2, -0.15) is 4.31 Å². The second-order valence-electron chi connectivity index (χ2n) is 8.00. The Kier molecular flexibility index (Phi) is 8.39. The summed E-state index contributed by atoms with van der Waals surface area (Å²) in [4.78, 5) is 14.8. The summed E-state index contributed by atoms with van der Waals surface area (Å²) in [5.41, 5.74) is 1.15. The Morgan fingerprint density at radius 2 is 1.66 bits per heavy atom. The van der Waals surface area contributed by atoms with E-state index in [1.54, 1.807) is 0 Å². The quantitative estimate of drug-likeness (QED) is 0.621. The zero-order chi connectivity index (χ0) is 23.1. The van der Waals surface area contributed by atoms with Crippen molar-refractivity contribution >= 4 is 15.9 Å². The van der Waals surface area contributed by atoms with Crippen LogP contribution in [-0.2, 0) is 14.8 Å². The molecule has 32 heavy (non-hydrogen) atoms. The molecule has 6 nitrogen and oxygen atoms in total. The molecule has 0 aromatic heterocycles. The fraction of sp³-hybridized carbons (Fsp3) is 0.458. The van der Waals surface area contributed by atoms with Crippen LogP contribution in [0, 0.1) is 11.7 Å². The van der Waals surface area contributed by atoms with Crippen molar-refractivity contribution in [2.24, 2.45) is 5.92 Å². The first kappa shape index (κ1) is 24.4. The van der Waals surface area contributed by atoms with Crippen LogP contribution < -0.4 is 5.32 Å². The number of hydrogen-bond acceptors (Lipinski definition) is 4. The number of carbonyl (C=O) groups excluding carboxylic acids is 1. The third-order valence-electron chi connectivity index (χ3n) is 6.19. The van der Waals surface area contributed by atoms with Crippen molar-refractivity contribution in [3.05, 3.63) is 66.0 Å². The molecule has 1 aliphatic heterocycles. The van der Waals surface area contributed by atoms with Gasteiger partial charge in [0.2, 0.25) is 15.9 Å². The average Bonchev–Trinajstić information content (AvgIpc) is 2.82. The maximum absolute atomic E-state index is 14.0. The van der Waals surface area contributed by atoms with Gasteiger partial charge in [-0.05, 0) is 43.6 Å². The number of hydrogen-bond donors (Lipinski definition) is 1. The maximum atomic E-state index is 14.0. The molecule has 1 amide bonds. The van der Waals surface area contributed by atoms with Crippen LogP contribution in [0.2, 0.25) is 0 Å². The van der Waals surface area contributed by atoms with Crippen molar-refractivity contribution in [3.63, 3.8) is 0 Å².